The van der Waals surface area contributed by atoms with Crippen molar-refractivity contribution in [1.29, 1.82) is 0 Å². The largest absolute Gasteiger partial charge is 0.311 e. The van der Waals surface area contributed by atoms with Gasteiger partial charge in [-0.3, -0.25) is 0 Å². The molecular formula is C22H45N. The molecule has 0 radical (unpaired) electrons. The SMILES string of the molecule is CCCCCCCCCC1(CCCCCCCCC)CCCN1. The van der Waals surface area contributed by atoms with Gasteiger partial charge in [0.2, 0.25) is 0 Å². The van der Waals surface area contributed by atoms with Gasteiger partial charge in [-0.05, 0) is 32.2 Å². The minimum absolute atomic E-state index is 0.535. The van der Waals surface area contributed by atoms with Crippen LogP contribution in [-0.2, 0) is 0 Å². The average molecular weight is 324 g/mol. The predicted molar refractivity (Wildman–Crippen MR) is 105 cm³/mol. The average Bonchev–Trinajstić information content (AvgIpc) is 3.02. The molecule has 0 aromatic heterocycles. The Morgan fingerprint density at radius 1 is 0.609 bits per heavy atom. The van der Waals surface area contributed by atoms with Gasteiger partial charge in [-0.2, -0.15) is 0 Å². The molecule has 0 amide bonds. The fourth-order valence-electron chi connectivity index (χ4n) is 4.26. The minimum Gasteiger partial charge on any atom is -0.311 e. The van der Waals surface area contributed by atoms with Crippen molar-refractivity contribution in [2.75, 3.05) is 6.54 Å². The molecule has 23 heavy (non-hydrogen) atoms. The Morgan fingerprint density at radius 3 is 1.43 bits per heavy atom. The first-order chi connectivity index (χ1) is 11.3. The Bertz CT molecular complexity index is 222. The molecule has 1 aliphatic heterocycles. The van der Waals surface area contributed by atoms with Gasteiger partial charge in [-0.15, -0.1) is 0 Å². The van der Waals surface area contributed by atoms with Gasteiger partial charge in [0.1, 0.15) is 0 Å². The van der Waals surface area contributed by atoms with E-state index in [9.17, 15) is 0 Å². The van der Waals surface area contributed by atoms with Gasteiger partial charge >= 0.3 is 0 Å². The highest BCUT2D eigenvalue weighted by Crippen LogP contribution is 2.31. The van der Waals surface area contributed by atoms with Crippen LogP contribution in [0.4, 0.5) is 0 Å². The van der Waals surface area contributed by atoms with Crippen LogP contribution in [0.2, 0.25) is 0 Å². The molecule has 0 saturated carbocycles. The molecule has 1 nitrogen and oxygen atoms in total. The highest BCUT2D eigenvalue weighted by molar-refractivity contribution is 4.92. The normalized spacial score (nSPS) is 17.0. The third kappa shape index (κ3) is 10.4. The first-order valence-electron chi connectivity index (χ1n) is 11.1. The van der Waals surface area contributed by atoms with Gasteiger partial charge in [-0.1, -0.05) is 104 Å². The fourth-order valence-corrected chi connectivity index (χ4v) is 4.26. The summed E-state index contributed by atoms with van der Waals surface area (Å²) in [5, 5.41) is 3.89. The highest BCUT2D eigenvalue weighted by Gasteiger charge is 2.31. The summed E-state index contributed by atoms with van der Waals surface area (Å²) in [6, 6.07) is 0. The summed E-state index contributed by atoms with van der Waals surface area (Å²) < 4.78 is 0. The summed E-state index contributed by atoms with van der Waals surface area (Å²) in [7, 11) is 0. The molecule has 0 atom stereocenters. The van der Waals surface area contributed by atoms with Crippen LogP contribution in [0.3, 0.4) is 0 Å². The van der Waals surface area contributed by atoms with E-state index < -0.39 is 0 Å². The molecule has 1 heterocycles. The smallest absolute Gasteiger partial charge is 0.0182 e. The molecule has 1 fully saturated rings. The first kappa shape index (κ1) is 21.0. The Hall–Kier alpha value is -0.0400. The van der Waals surface area contributed by atoms with Gasteiger partial charge < -0.3 is 5.32 Å². The summed E-state index contributed by atoms with van der Waals surface area (Å²) >= 11 is 0. The second-order valence-corrected chi connectivity index (χ2v) is 8.05. The van der Waals surface area contributed by atoms with Crippen LogP contribution < -0.4 is 5.32 Å². The maximum absolute atomic E-state index is 3.89. The van der Waals surface area contributed by atoms with Crippen molar-refractivity contribution in [2.45, 2.75) is 135 Å². The van der Waals surface area contributed by atoms with E-state index >= 15 is 0 Å². The van der Waals surface area contributed by atoms with E-state index in [0.717, 1.165) is 0 Å². The van der Waals surface area contributed by atoms with E-state index in [1.165, 1.54) is 122 Å². The van der Waals surface area contributed by atoms with E-state index in [1.54, 1.807) is 0 Å². The Kier molecular flexibility index (Phi) is 13.1. The number of hydrogen-bond donors (Lipinski definition) is 1. The zero-order valence-electron chi connectivity index (χ0n) is 16.4. The molecule has 1 heteroatoms. The Morgan fingerprint density at radius 2 is 1.04 bits per heavy atom. The van der Waals surface area contributed by atoms with Gasteiger partial charge in [0.05, 0.1) is 0 Å². The standard InChI is InChI=1S/C22H45N/c1-3-5-7-9-11-13-15-18-22(20-17-21-23-22)19-16-14-12-10-8-6-4-2/h23H,3-21H2,1-2H3. The second kappa shape index (κ2) is 14.3. The number of rotatable bonds is 16. The first-order valence-corrected chi connectivity index (χ1v) is 11.1. The molecule has 0 aromatic rings. The molecular weight excluding hydrogens is 278 g/mol. The lowest BCUT2D eigenvalue weighted by atomic mass is 9.85. The summed E-state index contributed by atoms with van der Waals surface area (Å²) in [4.78, 5) is 0. The molecule has 0 aromatic carbocycles. The van der Waals surface area contributed by atoms with Gasteiger partial charge in [-0.25, -0.2) is 0 Å². The van der Waals surface area contributed by atoms with Crippen LogP contribution in [0.1, 0.15) is 129 Å². The maximum Gasteiger partial charge on any atom is 0.0182 e. The van der Waals surface area contributed by atoms with Crippen LogP contribution in [0.25, 0.3) is 0 Å². The number of nitrogens with one attached hydrogen (secondary N) is 1. The maximum atomic E-state index is 3.89. The quantitative estimate of drug-likeness (QED) is 0.292. The van der Waals surface area contributed by atoms with E-state index in [0.29, 0.717) is 5.54 Å². The van der Waals surface area contributed by atoms with Crippen molar-refractivity contribution in [3.63, 3.8) is 0 Å². The van der Waals surface area contributed by atoms with Gasteiger partial charge in [0.25, 0.3) is 0 Å². The zero-order valence-corrected chi connectivity index (χ0v) is 16.4. The zero-order chi connectivity index (χ0) is 16.6. The van der Waals surface area contributed by atoms with E-state index in [-0.39, 0.29) is 0 Å². The monoisotopic (exact) mass is 323 g/mol. The van der Waals surface area contributed by atoms with Crippen LogP contribution in [0.15, 0.2) is 0 Å². The third-order valence-electron chi connectivity index (χ3n) is 5.85. The minimum atomic E-state index is 0.535. The van der Waals surface area contributed by atoms with Crippen molar-refractivity contribution in [2.24, 2.45) is 0 Å². The molecule has 0 spiro atoms. The molecule has 138 valence electrons. The summed E-state index contributed by atoms with van der Waals surface area (Å²) in [6.45, 7) is 5.88. The van der Waals surface area contributed by atoms with Crippen molar-refractivity contribution < 1.29 is 0 Å². The van der Waals surface area contributed by atoms with Crippen LogP contribution in [0, 0.1) is 0 Å². The van der Waals surface area contributed by atoms with Crippen molar-refractivity contribution in [3.8, 4) is 0 Å². The third-order valence-corrected chi connectivity index (χ3v) is 5.85. The highest BCUT2D eigenvalue weighted by atomic mass is 15.0. The van der Waals surface area contributed by atoms with Crippen molar-refractivity contribution >= 4 is 0 Å². The molecule has 1 saturated heterocycles. The molecule has 0 aliphatic carbocycles. The van der Waals surface area contributed by atoms with Crippen LogP contribution in [0.5, 0.6) is 0 Å². The van der Waals surface area contributed by atoms with Gasteiger partial charge in [0.15, 0.2) is 0 Å². The molecule has 0 unspecified atom stereocenters. The van der Waals surface area contributed by atoms with E-state index in [2.05, 4.69) is 19.2 Å². The summed E-state index contributed by atoms with van der Waals surface area (Å²) in [6.07, 6.45) is 25.9. The lowest BCUT2D eigenvalue weighted by Gasteiger charge is -2.30. The van der Waals surface area contributed by atoms with Crippen LogP contribution >= 0.6 is 0 Å². The van der Waals surface area contributed by atoms with Crippen molar-refractivity contribution in [3.05, 3.63) is 0 Å². The lowest BCUT2D eigenvalue weighted by Crippen LogP contribution is -2.39. The fraction of sp³-hybridized carbons (Fsp3) is 1.00. The van der Waals surface area contributed by atoms with E-state index in [4.69, 9.17) is 0 Å². The lowest BCUT2D eigenvalue weighted by molar-refractivity contribution is 0.298. The molecule has 1 N–H and O–H groups in total. The van der Waals surface area contributed by atoms with Crippen molar-refractivity contribution in [1.82, 2.24) is 5.32 Å². The molecule has 0 bridgehead atoms. The molecule has 1 rings (SSSR count). The molecule has 1 aliphatic rings. The van der Waals surface area contributed by atoms with Gasteiger partial charge in [0, 0.05) is 5.54 Å². The predicted octanol–water partition coefficient (Wildman–Crippen LogP) is 7.39. The van der Waals surface area contributed by atoms with E-state index in [1.807, 2.05) is 0 Å². The van der Waals surface area contributed by atoms with Crippen LogP contribution in [-0.4, -0.2) is 12.1 Å². The topological polar surface area (TPSA) is 12.0 Å². The summed E-state index contributed by atoms with van der Waals surface area (Å²) in [5.74, 6) is 0. The Labute approximate surface area is 147 Å². The number of hydrogen-bond acceptors (Lipinski definition) is 1. The number of unbranched alkanes of at least 4 members (excludes halogenated alkanes) is 12. The Balaban J connectivity index is 2.05. The summed E-state index contributed by atoms with van der Waals surface area (Å²) in [5.41, 5.74) is 0.535. The second-order valence-electron chi connectivity index (χ2n) is 8.05.